The number of nitrogens with two attached hydrogens (primary N) is 1. The van der Waals surface area contributed by atoms with E-state index in [-0.39, 0.29) is 22.2 Å². The summed E-state index contributed by atoms with van der Waals surface area (Å²) in [5, 5.41) is 2.72. The van der Waals surface area contributed by atoms with Gasteiger partial charge in [0, 0.05) is 18.2 Å². The fourth-order valence-electron chi connectivity index (χ4n) is 2.56. The van der Waals surface area contributed by atoms with E-state index >= 15 is 0 Å². The van der Waals surface area contributed by atoms with Crippen LogP contribution in [0.15, 0.2) is 53.4 Å². The van der Waals surface area contributed by atoms with Crippen molar-refractivity contribution in [3.8, 4) is 0 Å². The maximum absolute atomic E-state index is 13.7. The first kappa shape index (κ1) is 18.3. The topological polar surface area (TPSA) is 101 Å². The van der Waals surface area contributed by atoms with Gasteiger partial charge in [-0.3, -0.25) is 9.52 Å². The molecule has 2 aromatic rings. The number of anilines is 1. The van der Waals surface area contributed by atoms with Gasteiger partial charge in [0.25, 0.3) is 15.9 Å². The lowest BCUT2D eigenvalue weighted by Crippen LogP contribution is -2.38. The Bertz CT molecular complexity index is 913. The summed E-state index contributed by atoms with van der Waals surface area (Å²) in [6, 6.07) is 10.9. The second-order valence-corrected chi connectivity index (χ2v) is 8.01. The molecular weight excluding hydrogens is 357 g/mol. The van der Waals surface area contributed by atoms with Crippen LogP contribution in [-0.2, 0) is 10.0 Å². The summed E-state index contributed by atoms with van der Waals surface area (Å²) in [6.07, 6.45) is 2.15. The zero-order valence-corrected chi connectivity index (χ0v) is 14.8. The smallest absolute Gasteiger partial charge is 0.262 e. The fourth-order valence-corrected chi connectivity index (χ4v) is 3.67. The third-order valence-corrected chi connectivity index (χ3v) is 5.61. The molecule has 1 fully saturated rings. The lowest BCUT2D eigenvalue weighted by Gasteiger charge is -2.13. The maximum Gasteiger partial charge on any atom is 0.262 e. The first-order chi connectivity index (χ1) is 12.4. The predicted molar refractivity (Wildman–Crippen MR) is 96.7 cm³/mol. The van der Waals surface area contributed by atoms with E-state index in [0.717, 1.165) is 18.9 Å². The normalized spacial score (nSPS) is 15.3. The third-order valence-electron chi connectivity index (χ3n) is 4.25. The lowest BCUT2D eigenvalue weighted by atomic mass is 10.2. The molecule has 8 heteroatoms. The van der Waals surface area contributed by atoms with Crippen molar-refractivity contribution in [3.63, 3.8) is 0 Å². The van der Waals surface area contributed by atoms with Gasteiger partial charge in [-0.15, -0.1) is 0 Å². The zero-order chi connectivity index (χ0) is 18.7. The number of hydrogen-bond donors (Lipinski definition) is 3. The number of benzene rings is 2. The highest BCUT2D eigenvalue weighted by Crippen LogP contribution is 2.31. The Balaban J connectivity index is 1.73. The van der Waals surface area contributed by atoms with Crippen molar-refractivity contribution in [1.29, 1.82) is 0 Å². The Hall–Kier alpha value is -2.45. The van der Waals surface area contributed by atoms with E-state index in [1.54, 1.807) is 0 Å². The number of halogens is 1. The maximum atomic E-state index is 13.7. The van der Waals surface area contributed by atoms with Crippen LogP contribution in [0, 0.1) is 11.7 Å². The Kier molecular flexibility index (Phi) is 5.24. The fraction of sp³-hybridized carbons (Fsp3) is 0.278. The molecule has 1 aliphatic carbocycles. The van der Waals surface area contributed by atoms with Gasteiger partial charge in [-0.05, 0) is 49.1 Å². The molecule has 0 spiro atoms. The standard InChI is InChI=1S/C18H20FN3O3S/c19-15-6-1-2-7-17(15)22-26(24,25)14-5-3-4-13(10-14)18(23)21-11-16(20)12-8-9-12/h1-7,10,12,16,22H,8-9,11,20H2,(H,21,23). The van der Waals surface area contributed by atoms with Gasteiger partial charge in [-0.25, -0.2) is 12.8 Å². The van der Waals surface area contributed by atoms with Crippen LogP contribution < -0.4 is 15.8 Å². The van der Waals surface area contributed by atoms with E-state index in [1.165, 1.54) is 42.5 Å². The molecule has 1 atom stereocenters. The number of para-hydroxylation sites is 1. The summed E-state index contributed by atoms with van der Waals surface area (Å²) in [4.78, 5) is 12.1. The summed E-state index contributed by atoms with van der Waals surface area (Å²) >= 11 is 0. The number of nitrogens with one attached hydrogen (secondary N) is 2. The van der Waals surface area contributed by atoms with E-state index in [0.29, 0.717) is 12.5 Å². The van der Waals surface area contributed by atoms with Crippen LogP contribution in [-0.4, -0.2) is 26.9 Å². The average Bonchev–Trinajstić information content (AvgIpc) is 3.46. The minimum atomic E-state index is -4.02. The monoisotopic (exact) mass is 377 g/mol. The van der Waals surface area contributed by atoms with E-state index in [1.807, 2.05) is 0 Å². The van der Waals surface area contributed by atoms with Gasteiger partial charge in [0.15, 0.2) is 0 Å². The molecule has 0 saturated heterocycles. The Labute approximate surface area is 151 Å². The Morgan fingerprint density at radius 3 is 2.62 bits per heavy atom. The van der Waals surface area contributed by atoms with Gasteiger partial charge in [-0.1, -0.05) is 18.2 Å². The van der Waals surface area contributed by atoms with Crippen molar-refractivity contribution < 1.29 is 17.6 Å². The lowest BCUT2D eigenvalue weighted by molar-refractivity contribution is 0.0950. The van der Waals surface area contributed by atoms with Crippen LogP contribution >= 0.6 is 0 Å². The van der Waals surface area contributed by atoms with Gasteiger partial charge < -0.3 is 11.1 Å². The molecule has 3 rings (SSSR count). The largest absolute Gasteiger partial charge is 0.350 e. The van der Waals surface area contributed by atoms with Crippen molar-refractivity contribution in [3.05, 3.63) is 59.9 Å². The van der Waals surface area contributed by atoms with Crippen LogP contribution in [0.4, 0.5) is 10.1 Å². The average molecular weight is 377 g/mol. The molecule has 1 aliphatic rings. The summed E-state index contributed by atoms with van der Waals surface area (Å²) in [6.45, 7) is 0.341. The first-order valence-electron chi connectivity index (χ1n) is 8.28. The predicted octanol–water partition coefficient (Wildman–Crippen LogP) is 2.09. The number of carbonyl (C=O) groups is 1. The highest BCUT2D eigenvalue weighted by Gasteiger charge is 2.28. The van der Waals surface area contributed by atoms with Gasteiger partial charge in [-0.2, -0.15) is 0 Å². The van der Waals surface area contributed by atoms with E-state index in [9.17, 15) is 17.6 Å². The number of amides is 1. The quantitative estimate of drug-likeness (QED) is 0.688. The van der Waals surface area contributed by atoms with Crippen molar-refractivity contribution in [1.82, 2.24) is 5.32 Å². The first-order valence-corrected chi connectivity index (χ1v) is 9.76. The third kappa shape index (κ3) is 4.39. The molecule has 1 saturated carbocycles. The molecule has 26 heavy (non-hydrogen) atoms. The molecule has 1 unspecified atom stereocenters. The molecule has 0 radical (unpaired) electrons. The number of rotatable bonds is 7. The number of carbonyl (C=O) groups excluding carboxylic acids is 1. The van der Waals surface area contributed by atoms with Crippen LogP contribution in [0.5, 0.6) is 0 Å². The van der Waals surface area contributed by atoms with E-state index in [4.69, 9.17) is 5.73 Å². The van der Waals surface area contributed by atoms with Gasteiger partial charge in [0.1, 0.15) is 5.82 Å². The molecule has 2 aromatic carbocycles. The van der Waals surface area contributed by atoms with Gasteiger partial charge >= 0.3 is 0 Å². The highest BCUT2D eigenvalue weighted by atomic mass is 32.2. The molecule has 4 N–H and O–H groups in total. The summed E-state index contributed by atoms with van der Waals surface area (Å²) in [7, 11) is -4.02. The minimum absolute atomic E-state index is 0.0893. The van der Waals surface area contributed by atoms with E-state index in [2.05, 4.69) is 10.0 Å². The van der Waals surface area contributed by atoms with Crippen LogP contribution in [0.3, 0.4) is 0 Å². The Morgan fingerprint density at radius 2 is 1.92 bits per heavy atom. The molecule has 0 aliphatic heterocycles. The van der Waals surface area contributed by atoms with Crippen molar-refractivity contribution >= 4 is 21.6 Å². The summed E-state index contributed by atoms with van der Waals surface area (Å²) < 4.78 is 40.8. The zero-order valence-electron chi connectivity index (χ0n) is 14.0. The SMILES string of the molecule is NC(CNC(=O)c1cccc(S(=O)(=O)Nc2ccccc2F)c1)C1CC1. The summed E-state index contributed by atoms with van der Waals surface area (Å²) in [5.41, 5.74) is 5.99. The van der Waals surface area contributed by atoms with Crippen molar-refractivity contribution in [2.75, 3.05) is 11.3 Å². The molecule has 138 valence electrons. The molecular formula is C18H20FN3O3S. The minimum Gasteiger partial charge on any atom is -0.350 e. The molecule has 1 amide bonds. The Morgan fingerprint density at radius 1 is 1.19 bits per heavy atom. The van der Waals surface area contributed by atoms with Crippen molar-refractivity contribution in [2.24, 2.45) is 11.7 Å². The van der Waals surface area contributed by atoms with Gasteiger partial charge in [0.05, 0.1) is 10.6 Å². The molecule has 6 nitrogen and oxygen atoms in total. The second-order valence-electron chi connectivity index (χ2n) is 6.32. The number of hydrogen-bond acceptors (Lipinski definition) is 4. The summed E-state index contributed by atoms with van der Waals surface area (Å²) in [5.74, 6) is -0.630. The van der Waals surface area contributed by atoms with E-state index < -0.39 is 21.7 Å². The van der Waals surface area contributed by atoms with Crippen LogP contribution in [0.25, 0.3) is 0 Å². The van der Waals surface area contributed by atoms with Crippen molar-refractivity contribution in [2.45, 2.75) is 23.8 Å². The molecule has 0 aromatic heterocycles. The second kappa shape index (κ2) is 7.43. The van der Waals surface area contributed by atoms with Crippen LogP contribution in [0.2, 0.25) is 0 Å². The highest BCUT2D eigenvalue weighted by molar-refractivity contribution is 7.92. The van der Waals surface area contributed by atoms with Crippen LogP contribution in [0.1, 0.15) is 23.2 Å². The number of sulfonamides is 1. The van der Waals surface area contributed by atoms with Gasteiger partial charge in [0.2, 0.25) is 0 Å². The molecule has 0 heterocycles. The molecule has 0 bridgehead atoms.